The number of alkyl halides is 2. The van der Waals surface area contributed by atoms with Crippen molar-refractivity contribution in [1.82, 2.24) is 15.1 Å². The van der Waals surface area contributed by atoms with Crippen LogP contribution in [0.5, 0.6) is 0 Å². The molecule has 6 rings (SSSR count). The molecule has 1 amide bonds. The molecule has 4 aromatic rings. The number of carbonyl (C=O) groups is 1. The first kappa shape index (κ1) is 23.8. The van der Waals surface area contributed by atoms with Crippen LogP contribution < -0.4 is 20.7 Å². The van der Waals surface area contributed by atoms with E-state index in [0.29, 0.717) is 43.1 Å². The van der Waals surface area contributed by atoms with Gasteiger partial charge < -0.3 is 24.2 Å². The maximum Gasteiger partial charge on any atom is 0.407 e. The summed E-state index contributed by atoms with van der Waals surface area (Å²) in [6.07, 6.45) is -3.82. The molecule has 194 valence electrons. The molecule has 0 radical (unpaired) electrons. The molecule has 38 heavy (non-hydrogen) atoms. The summed E-state index contributed by atoms with van der Waals surface area (Å²) in [5.74, 6) is -0.780. The molecule has 0 bridgehead atoms. The summed E-state index contributed by atoms with van der Waals surface area (Å²) in [6.45, 7) is 2.11. The zero-order valence-corrected chi connectivity index (χ0v) is 19.9. The Morgan fingerprint density at radius 1 is 1.00 bits per heavy atom. The number of rotatable bonds is 7. The van der Waals surface area contributed by atoms with Gasteiger partial charge in [-0.15, -0.1) is 10.2 Å². The van der Waals surface area contributed by atoms with E-state index in [4.69, 9.17) is 9.52 Å². The Bertz CT molecular complexity index is 1570. The van der Waals surface area contributed by atoms with Crippen molar-refractivity contribution in [3.05, 3.63) is 86.5 Å². The molecule has 1 spiro atoms. The predicted molar refractivity (Wildman–Crippen MR) is 133 cm³/mol. The fourth-order valence-corrected chi connectivity index (χ4v) is 5.21. The molecule has 0 aliphatic carbocycles. The van der Waals surface area contributed by atoms with Crippen LogP contribution in [0, 0.1) is 5.41 Å². The molecule has 3 heterocycles. The molecule has 0 atom stereocenters. The quantitative estimate of drug-likeness (QED) is 0.365. The minimum absolute atomic E-state index is 0.0271. The van der Waals surface area contributed by atoms with Gasteiger partial charge in [0.05, 0.1) is 0 Å². The zero-order chi connectivity index (χ0) is 26.6. The molecule has 3 aromatic carbocycles. The highest BCUT2D eigenvalue weighted by molar-refractivity contribution is 5.82. The Morgan fingerprint density at radius 2 is 1.68 bits per heavy atom. The lowest BCUT2D eigenvalue weighted by molar-refractivity contribution is -0.00954. The summed E-state index contributed by atoms with van der Waals surface area (Å²) in [5, 5.41) is 16.1. The minimum atomic E-state index is -2.86. The van der Waals surface area contributed by atoms with Gasteiger partial charge in [-0.1, -0.05) is 30.3 Å². The number of aromatic nitrogens is 2. The van der Waals surface area contributed by atoms with E-state index in [2.05, 4.69) is 10.2 Å². The minimum Gasteiger partial charge on any atom is -0.465 e. The number of nitrogens with zero attached hydrogens (tertiary/aromatic N) is 5. The Balaban J connectivity index is 1.26. The van der Waals surface area contributed by atoms with Crippen molar-refractivity contribution in [1.29, 1.82) is 0 Å². The van der Waals surface area contributed by atoms with Crippen molar-refractivity contribution in [2.75, 3.05) is 36.0 Å². The Labute approximate surface area is 214 Å². The van der Waals surface area contributed by atoms with Gasteiger partial charge in [0, 0.05) is 49.4 Å². The lowest BCUT2D eigenvalue weighted by Gasteiger charge is -2.60. The second kappa shape index (κ2) is 8.75. The molecule has 0 unspecified atom stereocenters. The summed E-state index contributed by atoms with van der Waals surface area (Å²) in [6, 6.07) is 16.0. The van der Waals surface area contributed by atoms with Gasteiger partial charge in [0.2, 0.25) is 5.89 Å². The summed E-state index contributed by atoms with van der Waals surface area (Å²) >= 11 is 0. The van der Waals surface area contributed by atoms with Crippen LogP contribution >= 0.6 is 0 Å². The van der Waals surface area contributed by atoms with Gasteiger partial charge in [0.15, 0.2) is 0 Å². The van der Waals surface area contributed by atoms with Gasteiger partial charge >= 0.3 is 12.5 Å². The molecule has 1 aromatic heterocycles. The van der Waals surface area contributed by atoms with E-state index < -0.39 is 29.3 Å². The Hall–Kier alpha value is -4.61. The molecule has 1 N–H and O–H groups in total. The van der Waals surface area contributed by atoms with E-state index >= 15 is 0 Å². The molecule has 2 fully saturated rings. The van der Waals surface area contributed by atoms with E-state index in [1.807, 2.05) is 35.2 Å². The molecule has 10 nitrogen and oxygen atoms in total. The second-order valence-corrected chi connectivity index (χ2v) is 9.71. The number of hydrogen-bond acceptors (Lipinski definition) is 8. The topological polar surface area (TPSA) is 120 Å². The van der Waals surface area contributed by atoms with Gasteiger partial charge in [-0.2, -0.15) is 8.78 Å². The summed E-state index contributed by atoms with van der Waals surface area (Å²) in [4.78, 5) is 41.7. The highest BCUT2D eigenvalue weighted by Crippen LogP contribution is 2.44. The number of carboxylic acid groups (broad SMARTS) is 1. The number of hydrogen-bond donors (Lipinski definition) is 1. The lowest BCUT2D eigenvalue weighted by atomic mass is 9.72. The van der Waals surface area contributed by atoms with Crippen LogP contribution in [0.4, 0.5) is 30.6 Å². The normalized spacial score (nSPS) is 16.1. The van der Waals surface area contributed by atoms with Crippen LogP contribution in [0.15, 0.2) is 68.6 Å². The van der Waals surface area contributed by atoms with Crippen LogP contribution in [0.1, 0.15) is 17.9 Å². The molecule has 0 saturated carbocycles. The van der Waals surface area contributed by atoms with Crippen molar-refractivity contribution < 1.29 is 23.1 Å². The highest BCUT2D eigenvalue weighted by Gasteiger charge is 2.55. The monoisotopic (exact) mass is 521 g/mol. The average molecular weight is 521 g/mol. The van der Waals surface area contributed by atoms with Crippen molar-refractivity contribution in [3.8, 4) is 11.5 Å². The highest BCUT2D eigenvalue weighted by atomic mass is 19.3. The molecule has 2 aliphatic heterocycles. The predicted octanol–water partition coefficient (Wildman–Crippen LogP) is 3.41. The average Bonchev–Trinajstić information content (AvgIpc) is 3.37. The third-order valence-corrected chi connectivity index (χ3v) is 7.06. The summed E-state index contributed by atoms with van der Waals surface area (Å²) < 4.78 is 30.6. The van der Waals surface area contributed by atoms with Crippen LogP contribution in [0.25, 0.3) is 11.5 Å². The zero-order valence-electron chi connectivity index (χ0n) is 19.9. The first-order valence-corrected chi connectivity index (χ1v) is 11.8. The van der Waals surface area contributed by atoms with Gasteiger partial charge in [0.1, 0.15) is 11.4 Å². The molecule has 12 heteroatoms. The van der Waals surface area contributed by atoms with E-state index in [1.165, 1.54) is 4.90 Å². The second-order valence-electron chi connectivity index (χ2n) is 9.71. The van der Waals surface area contributed by atoms with Crippen LogP contribution in [0.2, 0.25) is 0 Å². The van der Waals surface area contributed by atoms with Crippen LogP contribution in [-0.4, -0.2) is 52.5 Å². The molecular weight excluding hydrogens is 500 g/mol. The fraction of sp³-hybridized carbons (Fsp3) is 0.269. The van der Waals surface area contributed by atoms with Gasteiger partial charge in [-0.25, -0.2) is 4.79 Å². The van der Waals surface area contributed by atoms with Crippen molar-refractivity contribution in [2.24, 2.45) is 5.41 Å². The van der Waals surface area contributed by atoms with Crippen molar-refractivity contribution in [2.45, 2.75) is 13.0 Å². The van der Waals surface area contributed by atoms with Crippen molar-refractivity contribution >= 4 is 23.2 Å². The Morgan fingerprint density at radius 3 is 2.29 bits per heavy atom. The van der Waals surface area contributed by atoms with Crippen molar-refractivity contribution in [3.63, 3.8) is 0 Å². The van der Waals surface area contributed by atoms with E-state index in [-0.39, 0.29) is 17.9 Å². The van der Waals surface area contributed by atoms with Crippen LogP contribution in [-0.2, 0) is 6.54 Å². The number of halogens is 2. The van der Waals surface area contributed by atoms with Gasteiger partial charge in [-0.3, -0.25) is 9.59 Å². The maximum atomic E-state index is 12.9. The van der Waals surface area contributed by atoms with Crippen LogP contribution in [0.3, 0.4) is 0 Å². The van der Waals surface area contributed by atoms with E-state index in [9.17, 15) is 23.2 Å². The first-order chi connectivity index (χ1) is 18.2. The standard InChI is InChI=1S/C26H21F2N5O5/c27-22(28)24-30-29-23(38-24)16-8-6-15(7-9-16)10-33(17-4-2-1-3-5-17)19-18(20(34)21(19)35)31-11-26(12-31)13-32(14-26)25(36)37/h1-9,22H,10-14H2,(H,36,37). The third kappa shape index (κ3) is 3.88. The van der Waals surface area contributed by atoms with E-state index in [1.54, 1.807) is 29.2 Å². The summed E-state index contributed by atoms with van der Waals surface area (Å²) in [5.41, 5.74) is 1.33. The Kier molecular flexibility index (Phi) is 5.47. The lowest BCUT2D eigenvalue weighted by Crippen LogP contribution is -2.74. The fourth-order valence-electron chi connectivity index (χ4n) is 5.21. The maximum absolute atomic E-state index is 12.9. The third-order valence-electron chi connectivity index (χ3n) is 7.06. The largest absolute Gasteiger partial charge is 0.465 e. The number of amides is 1. The number of likely N-dealkylation sites (tertiary alicyclic amines) is 1. The number of benzene rings is 2. The molecule has 2 saturated heterocycles. The number of para-hydroxylation sites is 1. The smallest absolute Gasteiger partial charge is 0.407 e. The number of anilines is 3. The molecular formula is C26H21F2N5O5. The van der Waals surface area contributed by atoms with Gasteiger partial charge in [0.25, 0.3) is 16.7 Å². The SMILES string of the molecule is O=C(O)N1CC2(C1)CN(c1c(N(Cc3ccc(-c4nnc(C(F)F)o4)cc3)c3ccccc3)c(=O)c1=O)C2. The first-order valence-electron chi connectivity index (χ1n) is 11.8. The van der Waals surface area contributed by atoms with E-state index in [0.717, 1.165) is 11.3 Å². The van der Waals surface area contributed by atoms with Gasteiger partial charge in [-0.05, 0) is 29.8 Å². The molecule has 2 aliphatic rings. The summed E-state index contributed by atoms with van der Waals surface area (Å²) in [7, 11) is 0.